The Hall–Kier alpha value is -2.69. The van der Waals surface area contributed by atoms with Crippen LogP contribution in [0.2, 0.25) is 0 Å². The molecule has 2 heterocycles. The van der Waals surface area contributed by atoms with Crippen molar-refractivity contribution < 1.29 is 13.7 Å². The topological polar surface area (TPSA) is 74.4 Å². The zero-order valence-electron chi connectivity index (χ0n) is 11.2. The van der Waals surface area contributed by atoms with E-state index in [1.165, 1.54) is 0 Å². The SMILES string of the molecule is COc1ccc(C)cc1-c1c(N)noc1-c1ccoc1. The molecule has 0 saturated carbocycles. The normalized spacial score (nSPS) is 10.7. The number of aromatic nitrogens is 1. The third-order valence-electron chi connectivity index (χ3n) is 3.13. The van der Waals surface area contributed by atoms with Gasteiger partial charge in [0.05, 0.1) is 24.5 Å². The van der Waals surface area contributed by atoms with Gasteiger partial charge in [0.2, 0.25) is 0 Å². The van der Waals surface area contributed by atoms with Gasteiger partial charge in [-0.05, 0) is 25.1 Å². The molecule has 1 aromatic carbocycles. The number of nitrogens with zero attached hydrogens (tertiary/aromatic N) is 1. The lowest BCUT2D eigenvalue weighted by Crippen LogP contribution is -1.93. The Labute approximate surface area is 115 Å². The first-order chi connectivity index (χ1) is 9.70. The molecule has 0 aliphatic carbocycles. The van der Waals surface area contributed by atoms with Crippen molar-refractivity contribution in [2.24, 2.45) is 0 Å². The number of methoxy groups -OCH3 is 1. The molecule has 0 bridgehead atoms. The molecule has 0 saturated heterocycles. The first kappa shape index (κ1) is 12.3. The Morgan fingerprint density at radius 3 is 2.80 bits per heavy atom. The van der Waals surface area contributed by atoms with Crippen LogP contribution in [0.25, 0.3) is 22.5 Å². The highest BCUT2D eigenvalue weighted by Crippen LogP contribution is 2.41. The van der Waals surface area contributed by atoms with Gasteiger partial charge in [0.1, 0.15) is 12.0 Å². The Bertz CT molecular complexity index is 730. The molecule has 3 aromatic rings. The summed E-state index contributed by atoms with van der Waals surface area (Å²) >= 11 is 0. The number of nitrogens with two attached hydrogens (primary N) is 1. The molecule has 0 amide bonds. The van der Waals surface area contributed by atoms with Crippen molar-refractivity contribution in [3.8, 4) is 28.2 Å². The van der Waals surface area contributed by atoms with Gasteiger partial charge in [0.25, 0.3) is 0 Å². The maximum absolute atomic E-state index is 5.96. The van der Waals surface area contributed by atoms with Crippen molar-refractivity contribution in [1.29, 1.82) is 0 Å². The van der Waals surface area contributed by atoms with Crippen molar-refractivity contribution in [3.05, 3.63) is 42.4 Å². The molecule has 2 N–H and O–H groups in total. The van der Waals surface area contributed by atoms with Gasteiger partial charge in [0, 0.05) is 5.56 Å². The van der Waals surface area contributed by atoms with Crippen LogP contribution in [0.5, 0.6) is 5.75 Å². The molecule has 0 spiro atoms. The summed E-state index contributed by atoms with van der Waals surface area (Å²) in [6.07, 6.45) is 3.16. The van der Waals surface area contributed by atoms with Gasteiger partial charge >= 0.3 is 0 Å². The molecule has 3 rings (SSSR count). The molecule has 0 aliphatic heterocycles. The van der Waals surface area contributed by atoms with E-state index in [1.54, 1.807) is 25.7 Å². The molecular weight excluding hydrogens is 256 g/mol. The Balaban J connectivity index is 2.25. The van der Waals surface area contributed by atoms with Crippen LogP contribution in [0, 0.1) is 6.92 Å². The lowest BCUT2D eigenvalue weighted by molar-refractivity contribution is 0.416. The summed E-state index contributed by atoms with van der Waals surface area (Å²) in [5.41, 5.74) is 9.41. The summed E-state index contributed by atoms with van der Waals surface area (Å²) in [7, 11) is 1.62. The van der Waals surface area contributed by atoms with Gasteiger partial charge in [-0.3, -0.25) is 0 Å². The summed E-state index contributed by atoms with van der Waals surface area (Å²) in [5, 5.41) is 3.86. The third-order valence-corrected chi connectivity index (χ3v) is 3.13. The highest BCUT2D eigenvalue weighted by molar-refractivity contribution is 5.89. The largest absolute Gasteiger partial charge is 0.496 e. The molecule has 0 radical (unpaired) electrons. The van der Waals surface area contributed by atoms with E-state index in [0.717, 1.165) is 22.4 Å². The number of nitrogen functional groups attached to an aromatic ring is 1. The predicted octanol–water partition coefficient (Wildman–Crippen LogP) is 3.50. The molecule has 5 nitrogen and oxygen atoms in total. The average molecular weight is 270 g/mol. The molecule has 2 aromatic heterocycles. The summed E-state index contributed by atoms with van der Waals surface area (Å²) in [6.45, 7) is 2.00. The van der Waals surface area contributed by atoms with Crippen LogP contribution in [0.15, 0.2) is 45.7 Å². The van der Waals surface area contributed by atoms with E-state index in [-0.39, 0.29) is 0 Å². The number of rotatable bonds is 3. The van der Waals surface area contributed by atoms with E-state index in [1.807, 2.05) is 25.1 Å². The Morgan fingerprint density at radius 2 is 2.10 bits per heavy atom. The fourth-order valence-corrected chi connectivity index (χ4v) is 2.17. The number of ether oxygens (including phenoxy) is 1. The number of anilines is 1. The van der Waals surface area contributed by atoms with Crippen molar-refractivity contribution in [3.63, 3.8) is 0 Å². The molecule has 20 heavy (non-hydrogen) atoms. The van der Waals surface area contributed by atoms with Gasteiger partial charge in [-0.1, -0.05) is 16.8 Å². The number of hydrogen-bond acceptors (Lipinski definition) is 5. The van der Waals surface area contributed by atoms with Crippen LogP contribution in [0.3, 0.4) is 0 Å². The highest BCUT2D eigenvalue weighted by Gasteiger charge is 2.21. The second-order valence-electron chi connectivity index (χ2n) is 4.49. The van der Waals surface area contributed by atoms with Crippen LogP contribution >= 0.6 is 0 Å². The van der Waals surface area contributed by atoms with E-state index in [2.05, 4.69) is 5.16 Å². The molecule has 0 unspecified atom stereocenters. The zero-order valence-corrected chi connectivity index (χ0v) is 11.2. The van der Waals surface area contributed by atoms with E-state index < -0.39 is 0 Å². The van der Waals surface area contributed by atoms with Gasteiger partial charge in [-0.25, -0.2) is 0 Å². The second kappa shape index (κ2) is 4.77. The van der Waals surface area contributed by atoms with Crippen LogP contribution < -0.4 is 10.5 Å². The van der Waals surface area contributed by atoms with Crippen LogP contribution in [-0.2, 0) is 0 Å². The lowest BCUT2D eigenvalue weighted by atomic mass is 10.00. The molecule has 0 aliphatic rings. The molecular formula is C15H14N2O3. The highest BCUT2D eigenvalue weighted by atomic mass is 16.5. The standard InChI is InChI=1S/C15H14N2O3/c1-9-3-4-12(18-2)11(7-9)13-14(20-17-15(13)16)10-5-6-19-8-10/h3-8H,1-2H3,(H2,16,17). The minimum atomic E-state index is 0.324. The minimum absolute atomic E-state index is 0.324. The van der Waals surface area contributed by atoms with Crippen LogP contribution in [-0.4, -0.2) is 12.3 Å². The molecule has 5 heteroatoms. The second-order valence-corrected chi connectivity index (χ2v) is 4.49. The maximum atomic E-state index is 5.96. The molecule has 102 valence electrons. The van der Waals surface area contributed by atoms with Crippen molar-refractivity contribution in [1.82, 2.24) is 5.16 Å². The summed E-state index contributed by atoms with van der Waals surface area (Å²) in [4.78, 5) is 0. The fraction of sp³-hybridized carbons (Fsp3) is 0.133. The number of furan rings is 1. The van der Waals surface area contributed by atoms with Crippen molar-refractivity contribution >= 4 is 5.82 Å². The smallest absolute Gasteiger partial charge is 0.180 e. The van der Waals surface area contributed by atoms with E-state index in [4.69, 9.17) is 19.4 Å². The Morgan fingerprint density at radius 1 is 1.25 bits per heavy atom. The molecule has 0 fully saturated rings. The van der Waals surface area contributed by atoms with Crippen LogP contribution in [0.1, 0.15) is 5.56 Å². The van der Waals surface area contributed by atoms with Gasteiger partial charge < -0.3 is 19.4 Å². The summed E-state index contributed by atoms with van der Waals surface area (Å²) in [5.74, 6) is 1.61. The first-order valence-electron chi connectivity index (χ1n) is 6.13. The summed E-state index contributed by atoms with van der Waals surface area (Å²) < 4.78 is 15.8. The van der Waals surface area contributed by atoms with Gasteiger partial charge in [0.15, 0.2) is 11.6 Å². The first-order valence-corrected chi connectivity index (χ1v) is 6.13. The van der Waals surface area contributed by atoms with Gasteiger partial charge in [-0.15, -0.1) is 0 Å². The minimum Gasteiger partial charge on any atom is -0.496 e. The predicted molar refractivity (Wildman–Crippen MR) is 75.3 cm³/mol. The molecule has 0 atom stereocenters. The maximum Gasteiger partial charge on any atom is 0.180 e. The fourth-order valence-electron chi connectivity index (χ4n) is 2.17. The van der Waals surface area contributed by atoms with Crippen molar-refractivity contribution in [2.45, 2.75) is 6.92 Å². The Kier molecular flexibility index (Phi) is 2.95. The van der Waals surface area contributed by atoms with Crippen molar-refractivity contribution in [2.75, 3.05) is 12.8 Å². The van der Waals surface area contributed by atoms with E-state index >= 15 is 0 Å². The van der Waals surface area contributed by atoms with Gasteiger partial charge in [-0.2, -0.15) is 0 Å². The van der Waals surface area contributed by atoms with E-state index in [9.17, 15) is 0 Å². The monoisotopic (exact) mass is 270 g/mol. The average Bonchev–Trinajstić information content (AvgIpc) is 3.07. The van der Waals surface area contributed by atoms with E-state index in [0.29, 0.717) is 17.1 Å². The third kappa shape index (κ3) is 1.93. The zero-order chi connectivity index (χ0) is 14.1. The number of aryl methyl sites for hydroxylation is 1. The lowest BCUT2D eigenvalue weighted by Gasteiger charge is -2.09. The van der Waals surface area contributed by atoms with Crippen LogP contribution in [0.4, 0.5) is 5.82 Å². The quantitative estimate of drug-likeness (QED) is 0.788. The number of benzene rings is 1. The number of hydrogen-bond donors (Lipinski definition) is 1. The summed E-state index contributed by atoms with van der Waals surface area (Å²) in [6, 6.07) is 7.66.